The maximum absolute atomic E-state index is 14.2. The molecular weight excluding hydrogens is 683 g/mol. The number of benzene rings is 3. The predicted octanol–water partition coefficient (Wildman–Crippen LogP) is 4.48. The van der Waals surface area contributed by atoms with Gasteiger partial charge in [-0.15, -0.1) is 0 Å². The van der Waals surface area contributed by atoms with Gasteiger partial charge in [-0.25, -0.2) is 9.79 Å². The molecule has 0 N–H and O–H groups in total. The number of aromatic nitrogens is 1. The predicted molar refractivity (Wildman–Crippen MR) is 171 cm³/mol. The van der Waals surface area contributed by atoms with E-state index >= 15 is 0 Å². The maximum Gasteiger partial charge on any atom is 0.338 e. The van der Waals surface area contributed by atoms with Gasteiger partial charge in [0.15, 0.2) is 16.3 Å². The van der Waals surface area contributed by atoms with Gasteiger partial charge in [-0.2, -0.15) is 0 Å². The second-order valence-corrected chi connectivity index (χ2v) is 11.5. The molecule has 5 rings (SSSR count). The van der Waals surface area contributed by atoms with E-state index < -0.39 is 18.0 Å². The number of hydrogen-bond donors (Lipinski definition) is 0. The number of halogens is 1. The van der Waals surface area contributed by atoms with E-state index in [1.807, 2.05) is 42.5 Å². The molecule has 0 fully saturated rings. The molecule has 0 saturated heterocycles. The number of hydrogen-bond acceptors (Lipinski definition) is 9. The van der Waals surface area contributed by atoms with Crippen molar-refractivity contribution in [1.82, 2.24) is 4.57 Å². The number of nitrogens with zero attached hydrogens (tertiary/aromatic N) is 2. The first-order chi connectivity index (χ1) is 20.7. The molecule has 11 heteroatoms. The Hall–Kier alpha value is -4.23. The Labute approximate surface area is 264 Å². The van der Waals surface area contributed by atoms with Crippen LogP contribution in [0.2, 0.25) is 0 Å². The number of methoxy groups -OCH3 is 2. The van der Waals surface area contributed by atoms with Gasteiger partial charge >= 0.3 is 11.9 Å². The number of rotatable bonds is 8. The monoisotopic (exact) mass is 710 g/mol. The van der Waals surface area contributed by atoms with Crippen molar-refractivity contribution in [2.45, 2.75) is 19.9 Å². The van der Waals surface area contributed by atoms with E-state index in [2.05, 4.69) is 22.6 Å². The topological polar surface area (TPSA) is 105 Å². The van der Waals surface area contributed by atoms with Crippen molar-refractivity contribution in [2.75, 3.05) is 20.8 Å². The lowest BCUT2D eigenvalue weighted by atomic mass is 9.93. The SMILES string of the molecule is CCOC(=O)C1=C(c2ccccc2)N=c2s/c(=C\c3cc(I)c(OC(C)=O)c(OC)c3)c(=O)n2[C@@H]1c1cccc(OC)c1. The molecular formula is C32H27IN2O7S. The first-order valence-electron chi connectivity index (χ1n) is 13.2. The number of fused-ring (bicyclic) bond motifs is 1. The lowest BCUT2D eigenvalue weighted by Gasteiger charge is -2.26. The molecule has 0 unspecified atom stereocenters. The third kappa shape index (κ3) is 6.13. The lowest BCUT2D eigenvalue weighted by molar-refractivity contribution is -0.139. The highest BCUT2D eigenvalue weighted by molar-refractivity contribution is 14.1. The molecule has 3 aromatic carbocycles. The van der Waals surface area contributed by atoms with E-state index in [-0.39, 0.29) is 17.7 Å². The van der Waals surface area contributed by atoms with Gasteiger partial charge in [0.25, 0.3) is 5.56 Å². The van der Waals surface area contributed by atoms with Crippen LogP contribution in [0, 0.1) is 3.57 Å². The van der Waals surface area contributed by atoms with Crippen molar-refractivity contribution >= 4 is 57.6 Å². The zero-order valence-electron chi connectivity index (χ0n) is 23.8. The van der Waals surface area contributed by atoms with E-state index in [4.69, 9.17) is 23.9 Å². The molecule has 1 aliphatic heterocycles. The summed E-state index contributed by atoms with van der Waals surface area (Å²) in [6.07, 6.45) is 1.73. The van der Waals surface area contributed by atoms with E-state index in [1.54, 1.807) is 44.4 Å². The van der Waals surface area contributed by atoms with Crippen molar-refractivity contribution in [2.24, 2.45) is 4.99 Å². The van der Waals surface area contributed by atoms with Crippen molar-refractivity contribution in [3.05, 3.63) is 112 Å². The van der Waals surface area contributed by atoms with Crippen LogP contribution in [-0.4, -0.2) is 37.3 Å². The molecule has 0 saturated carbocycles. The summed E-state index contributed by atoms with van der Waals surface area (Å²) in [6, 6.07) is 19.3. The fourth-order valence-electron chi connectivity index (χ4n) is 4.78. The Morgan fingerprint density at radius 1 is 1.05 bits per heavy atom. The van der Waals surface area contributed by atoms with Crippen molar-refractivity contribution in [3.8, 4) is 17.2 Å². The molecule has 43 heavy (non-hydrogen) atoms. The Balaban J connectivity index is 1.79. The molecule has 1 aliphatic rings. The molecule has 0 amide bonds. The van der Waals surface area contributed by atoms with Gasteiger partial charge in [0.05, 0.1) is 46.2 Å². The summed E-state index contributed by atoms with van der Waals surface area (Å²) in [5.41, 5.74) is 2.40. The van der Waals surface area contributed by atoms with Crippen LogP contribution >= 0.6 is 33.9 Å². The molecule has 0 aliphatic carbocycles. The molecule has 0 radical (unpaired) electrons. The van der Waals surface area contributed by atoms with Crippen molar-refractivity contribution in [3.63, 3.8) is 0 Å². The maximum atomic E-state index is 14.2. The molecule has 1 atom stereocenters. The normalized spacial score (nSPS) is 14.5. The highest BCUT2D eigenvalue weighted by atomic mass is 127. The number of esters is 2. The average Bonchev–Trinajstić information content (AvgIpc) is 3.31. The summed E-state index contributed by atoms with van der Waals surface area (Å²) in [6.45, 7) is 3.21. The van der Waals surface area contributed by atoms with E-state index in [1.165, 1.54) is 29.9 Å². The molecule has 220 valence electrons. The van der Waals surface area contributed by atoms with Gasteiger partial charge in [-0.05, 0) is 71.0 Å². The smallest absolute Gasteiger partial charge is 0.338 e. The first kappa shape index (κ1) is 30.2. The molecule has 4 aromatic rings. The van der Waals surface area contributed by atoms with Crippen LogP contribution in [0.25, 0.3) is 11.8 Å². The molecule has 0 spiro atoms. The quantitative estimate of drug-likeness (QED) is 0.151. The largest absolute Gasteiger partial charge is 0.497 e. The number of carbonyl (C=O) groups excluding carboxylic acids is 2. The van der Waals surface area contributed by atoms with Crippen LogP contribution in [-0.2, 0) is 14.3 Å². The minimum absolute atomic E-state index is 0.156. The summed E-state index contributed by atoms with van der Waals surface area (Å²) < 4.78 is 24.3. The highest BCUT2D eigenvalue weighted by Crippen LogP contribution is 2.37. The summed E-state index contributed by atoms with van der Waals surface area (Å²) in [4.78, 5) is 44.7. The minimum atomic E-state index is -0.830. The van der Waals surface area contributed by atoms with Crippen LogP contribution in [0.15, 0.2) is 82.1 Å². The molecule has 9 nitrogen and oxygen atoms in total. The fourth-order valence-corrected chi connectivity index (χ4v) is 6.52. The zero-order chi connectivity index (χ0) is 30.7. The standard InChI is InChI=1S/C32H27IN2O7S/c1-5-41-31(38)26-27(20-10-7-6-8-11-20)34-32-35(28(26)21-12-9-13-22(17-21)39-3)30(37)25(43-32)16-19-14-23(33)29(42-18(2)36)24(15-19)40-4/h6-17,28H,5H2,1-4H3/b25-16-/t28-/m1/s1. The van der Waals surface area contributed by atoms with Crippen LogP contribution < -0.4 is 29.1 Å². The van der Waals surface area contributed by atoms with Gasteiger partial charge in [0.1, 0.15) is 5.75 Å². The number of ether oxygens (including phenoxy) is 4. The lowest BCUT2D eigenvalue weighted by Crippen LogP contribution is -2.40. The Morgan fingerprint density at radius 3 is 2.49 bits per heavy atom. The Morgan fingerprint density at radius 2 is 1.81 bits per heavy atom. The second-order valence-electron chi connectivity index (χ2n) is 9.34. The number of thiazole rings is 1. The minimum Gasteiger partial charge on any atom is -0.497 e. The molecule has 0 bridgehead atoms. The first-order valence-corrected chi connectivity index (χ1v) is 15.1. The van der Waals surface area contributed by atoms with Crippen LogP contribution in [0.5, 0.6) is 17.2 Å². The third-order valence-corrected chi connectivity index (χ3v) is 8.36. The van der Waals surface area contributed by atoms with Gasteiger partial charge in [0, 0.05) is 12.5 Å². The third-order valence-electron chi connectivity index (χ3n) is 6.58. The average molecular weight is 711 g/mol. The van der Waals surface area contributed by atoms with Gasteiger partial charge in [-0.3, -0.25) is 14.2 Å². The zero-order valence-corrected chi connectivity index (χ0v) is 26.7. The van der Waals surface area contributed by atoms with Crippen LogP contribution in [0.3, 0.4) is 0 Å². The molecule has 2 heterocycles. The van der Waals surface area contributed by atoms with Crippen molar-refractivity contribution in [1.29, 1.82) is 0 Å². The van der Waals surface area contributed by atoms with Crippen molar-refractivity contribution < 1.29 is 28.5 Å². The Kier molecular flexibility index (Phi) is 9.11. The van der Waals surface area contributed by atoms with Crippen LogP contribution in [0.1, 0.15) is 36.6 Å². The summed E-state index contributed by atoms with van der Waals surface area (Å²) in [7, 11) is 3.04. The fraction of sp³-hybridized carbons (Fsp3) is 0.188. The summed E-state index contributed by atoms with van der Waals surface area (Å²) in [5.74, 6) is 0.204. The van der Waals surface area contributed by atoms with Gasteiger partial charge in [0.2, 0.25) is 0 Å². The van der Waals surface area contributed by atoms with E-state index in [9.17, 15) is 14.4 Å². The van der Waals surface area contributed by atoms with Gasteiger partial charge < -0.3 is 18.9 Å². The van der Waals surface area contributed by atoms with E-state index in [0.29, 0.717) is 47.0 Å². The van der Waals surface area contributed by atoms with Crippen LogP contribution in [0.4, 0.5) is 0 Å². The van der Waals surface area contributed by atoms with E-state index in [0.717, 1.165) is 5.56 Å². The summed E-state index contributed by atoms with van der Waals surface area (Å²) in [5, 5.41) is 0. The molecule has 1 aromatic heterocycles. The van der Waals surface area contributed by atoms with Gasteiger partial charge in [-0.1, -0.05) is 53.8 Å². The Bertz CT molecular complexity index is 1930. The number of carbonyl (C=O) groups is 2. The highest BCUT2D eigenvalue weighted by Gasteiger charge is 2.35. The summed E-state index contributed by atoms with van der Waals surface area (Å²) >= 11 is 3.26. The second kappa shape index (κ2) is 13.0.